The van der Waals surface area contributed by atoms with Gasteiger partial charge in [-0.05, 0) is 24.3 Å². The molecule has 0 radical (unpaired) electrons. The van der Waals surface area contributed by atoms with Crippen LogP contribution in [0.5, 0.6) is 0 Å². The van der Waals surface area contributed by atoms with Crippen molar-refractivity contribution >= 4 is 32.7 Å². The van der Waals surface area contributed by atoms with Crippen molar-refractivity contribution < 1.29 is 18.0 Å². The topological polar surface area (TPSA) is 101 Å². The number of nitrogens with one attached hydrogen (secondary N) is 2. The van der Waals surface area contributed by atoms with E-state index in [0.717, 1.165) is 15.2 Å². The third-order valence-corrected chi connectivity index (χ3v) is 6.12. The normalized spacial score (nSPS) is 11.6. The number of nitrogens with zero attached hydrogens (tertiary/aromatic N) is 2. The van der Waals surface area contributed by atoms with Crippen LogP contribution in [0, 0.1) is 0 Å². The van der Waals surface area contributed by atoms with Gasteiger partial charge in [0.2, 0.25) is 10.0 Å². The zero-order chi connectivity index (χ0) is 20.5. The summed E-state index contributed by atoms with van der Waals surface area (Å²) in [5.74, 6) is -1.09. The van der Waals surface area contributed by atoms with Crippen LogP contribution < -0.4 is 10.9 Å². The second-order valence-electron chi connectivity index (χ2n) is 6.39. The molecule has 0 aliphatic carbocycles. The number of hydrogen-bond acceptors (Lipinski definition) is 4. The Morgan fingerprint density at radius 3 is 2.36 bits per heavy atom. The second kappa shape index (κ2) is 7.45. The molecule has 0 fully saturated rings. The monoisotopic (exact) mass is 400 g/mol. The standard InChI is InChI=1S/C19H20N4O4S/c1-22(2)28(26,27)14-8-6-7-13(11-14)18(24)20-21-19(25)16-12-23(3)17-10-5-4-9-15(16)17/h4-12H,1-3H3,(H,20,24)(H,21,25). The molecule has 0 atom stereocenters. The van der Waals surface area contributed by atoms with Crippen molar-refractivity contribution in [2.24, 2.45) is 7.05 Å². The fourth-order valence-corrected chi connectivity index (χ4v) is 3.73. The first kappa shape index (κ1) is 19.6. The lowest BCUT2D eigenvalue weighted by atomic mass is 10.2. The van der Waals surface area contributed by atoms with Crippen LogP contribution in [0.2, 0.25) is 0 Å². The molecule has 2 amide bonds. The lowest BCUT2D eigenvalue weighted by molar-refractivity contribution is 0.0847. The predicted octanol–water partition coefficient (Wildman–Crippen LogP) is 1.50. The van der Waals surface area contributed by atoms with E-state index in [1.54, 1.807) is 6.20 Å². The first-order valence-electron chi connectivity index (χ1n) is 8.39. The van der Waals surface area contributed by atoms with Crippen LogP contribution in [-0.4, -0.2) is 43.2 Å². The molecule has 0 saturated heterocycles. The summed E-state index contributed by atoms with van der Waals surface area (Å²) >= 11 is 0. The Hall–Kier alpha value is -3.17. The lowest BCUT2D eigenvalue weighted by Crippen LogP contribution is -2.41. The Kier molecular flexibility index (Phi) is 5.21. The fourth-order valence-electron chi connectivity index (χ4n) is 2.78. The maximum atomic E-state index is 12.5. The molecule has 0 aliphatic rings. The molecule has 3 aromatic rings. The molecule has 0 unspecified atom stereocenters. The molecule has 0 saturated carbocycles. The predicted molar refractivity (Wildman–Crippen MR) is 105 cm³/mol. The van der Waals surface area contributed by atoms with Gasteiger partial charge in [-0.15, -0.1) is 0 Å². The van der Waals surface area contributed by atoms with Crippen molar-refractivity contribution in [3.05, 3.63) is 65.9 Å². The molecule has 1 heterocycles. The number of carbonyl (C=O) groups excluding carboxylic acids is 2. The van der Waals surface area contributed by atoms with Crippen molar-refractivity contribution in [3.8, 4) is 0 Å². The molecule has 0 spiro atoms. The van der Waals surface area contributed by atoms with Crippen LogP contribution in [0.25, 0.3) is 10.9 Å². The first-order valence-corrected chi connectivity index (χ1v) is 9.83. The number of carbonyl (C=O) groups is 2. The Bertz CT molecular complexity index is 1170. The van der Waals surface area contributed by atoms with E-state index in [1.807, 2.05) is 35.9 Å². The zero-order valence-corrected chi connectivity index (χ0v) is 16.4. The van der Waals surface area contributed by atoms with E-state index in [4.69, 9.17) is 0 Å². The van der Waals surface area contributed by atoms with Crippen molar-refractivity contribution in [3.63, 3.8) is 0 Å². The van der Waals surface area contributed by atoms with Crippen molar-refractivity contribution in [2.45, 2.75) is 4.90 Å². The largest absolute Gasteiger partial charge is 0.350 e. The summed E-state index contributed by atoms with van der Waals surface area (Å²) in [4.78, 5) is 24.8. The number of amides is 2. The Labute approximate surface area is 162 Å². The molecule has 0 bridgehead atoms. The maximum Gasteiger partial charge on any atom is 0.271 e. The minimum absolute atomic E-state index is 0.00877. The van der Waals surface area contributed by atoms with Crippen LogP contribution in [0.1, 0.15) is 20.7 Å². The molecule has 0 aliphatic heterocycles. The minimum Gasteiger partial charge on any atom is -0.350 e. The summed E-state index contributed by atoms with van der Waals surface area (Å²) < 4.78 is 27.3. The molecule has 3 rings (SSSR count). The molecule has 9 heteroatoms. The molecule has 8 nitrogen and oxygen atoms in total. The second-order valence-corrected chi connectivity index (χ2v) is 8.55. The van der Waals surface area contributed by atoms with Gasteiger partial charge in [-0.3, -0.25) is 20.4 Å². The number of para-hydroxylation sites is 1. The Balaban J connectivity index is 1.76. The molecule has 2 N–H and O–H groups in total. The lowest BCUT2D eigenvalue weighted by Gasteiger charge is -2.12. The van der Waals surface area contributed by atoms with Gasteiger partial charge in [0, 0.05) is 43.8 Å². The molecular weight excluding hydrogens is 380 g/mol. The van der Waals surface area contributed by atoms with Gasteiger partial charge in [-0.1, -0.05) is 24.3 Å². The highest BCUT2D eigenvalue weighted by atomic mass is 32.2. The number of sulfonamides is 1. The minimum atomic E-state index is -3.67. The average Bonchev–Trinajstić information content (AvgIpc) is 3.03. The number of rotatable bonds is 4. The highest BCUT2D eigenvalue weighted by Gasteiger charge is 2.19. The number of fused-ring (bicyclic) bond motifs is 1. The number of aromatic nitrogens is 1. The van der Waals surface area contributed by atoms with Crippen LogP contribution in [0.4, 0.5) is 0 Å². The number of hydrazine groups is 1. The quantitative estimate of drug-likeness (QED) is 0.648. The molecule has 2 aromatic carbocycles. The molecular formula is C19H20N4O4S. The van der Waals surface area contributed by atoms with Gasteiger partial charge in [-0.2, -0.15) is 0 Å². The van der Waals surface area contributed by atoms with Crippen LogP contribution >= 0.6 is 0 Å². The summed E-state index contributed by atoms with van der Waals surface area (Å²) in [5, 5.41) is 0.760. The smallest absolute Gasteiger partial charge is 0.271 e. The number of aryl methyl sites for hydroxylation is 1. The van der Waals surface area contributed by atoms with E-state index in [2.05, 4.69) is 10.9 Å². The zero-order valence-electron chi connectivity index (χ0n) is 15.6. The van der Waals surface area contributed by atoms with Crippen molar-refractivity contribution in [2.75, 3.05) is 14.1 Å². The summed E-state index contributed by atoms with van der Waals surface area (Å²) in [5.41, 5.74) is 6.12. The maximum absolute atomic E-state index is 12.5. The van der Waals surface area contributed by atoms with Gasteiger partial charge in [0.15, 0.2) is 0 Å². The first-order chi connectivity index (χ1) is 13.2. The third kappa shape index (κ3) is 3.62. The van der Waals surface area contributed by atoms with Crippen LogP contribution in [0.3, 0.4) is 0 Å². The number of hydrogen-bond donors (Lipinski definition) is 2. The Morgan fingerprint density at radius 2 is 1.64 bits per heavy atom. The molecule has 1 aromatic heterocycles. The highest BCUT2D eigenvalue weighted by Crippen LogP contribution is 2.20. The fraction of sp³-hybridized carbons (Fsp3) is 0.158. The van der Waals surface area contributed by atoms with Gasteiger partial charge < -0.3 is 4.57 Å². The van der Waals surface area contributed by atoms with E-state index < -0.39 is 21.8 Å². The van der Waals surface area contributed by atoms with E-state index in [1.165, 1.54) is 38.4 Å². The van der Waals surface area contributed by atoms with E-state index >= 15 is 0 Å². The summed E-state index contributed by atoms with van der Waals surface area (Å²) in [7, 11) is 0.981. The third-order valence-electron chi connectivity index (χ3n) is 4.31. The number of benzene rings is 2. The molecule has 146 valence electrons. The molecule has 28 heavy (non-hydrogen) atoms. The van der Waals surface area contributed by atoms with Gasteiger partial charge in [0.1, 0.15) is 0 Å². The van der Waals surface area contributed by atoms with Gasteiger partial charge in [0.05, 0.1) is 10.5 Å². The van der Waals surface area contributed by atoms with E-state index in [0.29, 0.717) is 5.56 Å². The van der Waals surface area contributed by atoms with Crippen LogP contribution in [0.15, 0.2) is 59.6 Å². The average molecular weight is 400 g/mol. The summed E-state index contributed by atoms with van der Waals surface area (Å²) in [6.45, 7) is 0. The van der Waals surface area contributed by atoms with Crippen molar-refractivity contribution in [1.82, 2.24) is 19.7 Å². The van der Waals surface area contributed by atoms with Crippen LogP contribution in [-0.2, 0) is 17.1 Å². The van der Waals surface area contributed by atoms with Gasteiger partial charge in [0.25, 0.3) is 11.8 Å². The highest BCUT2D eigenvalue weighted by molar-refractivity contribution is 7.89. The van der Waals surface area contributed by atoms with E-state index in [-0.39, 0.29) is 10.5 Å². The SMILES string of the molecule is CN(C)S(=O)(=O)c1cccc(C(=O)NNC(=O)c2cn(C)c3ccccc23)c1. The summed E-state index contributed by atoms with van der Waals surface area (Å²) in [6, 6.07) is 13.0. The Morgan fingerprint density at radius 1 is 0.964 bits per heavy atom. The van der Waals surface area contributed by atoms with Crippen molar-refractivity contribution in [1.29, 1.82) is 0 Å². The van der Waals surface area contributed by atoms with Gasteiger partial charge >= 0.3 is 0 Å². The van der Waals surface area contributed by atoms with Gasteiger partial charge in [-0.25, -0.2) is 12.7 Å². The van der Waals surface area contributed by atoms with E-state index in [9.17, 15) is 18.0 Å². The summed E-state index contributed by atoms with van der Waals surface area (Å²) in [6.07, 6.45) is 1.68.